The molecule has 0 saturated heterocycles. The summed E-state index contributed by atoms with van der Waals surface area (Å²) in [4.78, 5) is 2.47. The molecule has 0 aromatic heterocycles. The summed E-state index contributed by atoms with van der Waals surface area (Å²) >= 11 is 0. The zero-order valence-electron chi connectivity index (χ0n) is 11.7. The number of likely N-dealkylation sites (N-methyl/N-ethyl adjacent to an activating group) is 1. The van der Waals surface area contributed by atoms with Crippen LogP contribution in [-0.2, 0) is 0 Å². The molecule has 0 amide bonds. The number of hydrogen-bond donors (Lipinski definition) is 1. The molecule has 16 heavy (non-hydrogen) atoms. The van der Waals surface area contributed by atoms with Crippen molar-refractivity contribution in [2.45, 2.75) is 66.0 Å². The average molecular weight is 227 g/mol. The third-order valence-electron chi connectivity index (χ3n) is 3.80. The number of rotatable bonds is 4. The van der Waals surface area contributed by atoms with Crippen LogP contribution in [0.3, 0.4) is 0 Å². The van der Waals surface area contributed by atoms with Crippen molar-refractivity contribution in [3.8, 4) is 0 Å². The molecule has 2 unspecified atom stereocenters. The summed E-state index contributed by atoms with van der Waals surface area (Å²) in [6, 6.07) is 0.371. The molecule has 2 heteroatoms. The van der Waals surface area contributed by atoms with Crippen LogP contribution in [0.2, 0.25) is 0 Å². The molecule has 1 fully saturated rings. The van der Waals surface area contributed by atoms with Crippen LogP contribution in [0, 0.1) is 11.3 Å². The first-order valence-corrected chi connectivity index (χ1v) is 6.78. The summed E-state index contributed by atoms with van der Waals surface area (Å²) < 4.78 is 0. The summed E-state index contributed by atoms with van der Waals surface area (Å²) in [5.74, 6) is 0.678. The molecule has 0 radical (unpaired) electrons. The Kier molecular flexibility index (Phi) is 4.81. The predicted molar refractivity (Wildman–Crippen MR) is 69.5 cm³/mol. The Hall–Kier alpha value is -0.0800. The van der Waals surface area contributed by atoms with E-state index in [0.29, 0.717) is 17.4 Å². The van der Waals surface area contributed by atoms with Crippen molar-refractivity contribution < 1.29 is 5.11 Å². The normalized spacial score (nSPS) is 30.0. The van der Waals surface area contributed by atoms with Crippen molar-refractivity contribution in [1.82, 2.24) is 4.90 Å². The maximum Gasteiger partial charge on any atom is 0.0695 e. The molecule has 1 saturated carbocycles. The van der Waals surface area contributed by atoms with Gasteiger partial charge in [-0.25, -0.2) is 0 Å². The van der Waals surface area contributed by atoms with E-state index < -0.39 is 0 Å². The lowest BCUT2D eigenvalue weighted by atomic mass is 9.73. The smallest absolute Gasteiger partial charge is 0.0695 e. The quantitative estimate of drug-likeness (QED) is 0.798. The molecule has 1 aliphatic carbocycles. The van der Waals surface area contributed by atoms with Gasteiger partial charge in [0.25, 0.3) is 0 Å². The topological polar surface area (TPSA) is 23.5 Å². The molecule has 1 N–H and O–H groups in total. The molecule has 1 aliphatic rings. The van der Waals surface area contributed by atoms with Gasteiger partial charge in [-0.3, -0.25) is 4.90 Å². The second kappa shape index (κ2) is 5.50. The molecule has 0 aromatic rings. The van der Waals surface area contributed by atoms with Gasteiger partial charge in [-0.2, -0.15) is 0 Å². The lowest BCUT2D eigenvalue weighted by molar-refractivity contribution is -0.0191. The lowest BCUT2D eigenvalue weighted by Crippen LogP contribution is -2.50. The molecule has 0 spiro atoms. The molecule has 1 rings (SSSR count). The van der Waals surface area contributed by atoms with Gasteiger partial charge in [0.05, 0.1) is 6.10 Å². The minimum Gasteiger partial charge on any atom is -0.391 e. The van der Waals surface area contributed by atoms with E-state index in [1.807, 2.05) is 0 Å². The van der Waals surface area contributed by atoms with Crippen LogP contribution in [0.5, 0.6) is 0 Å². The molecule has 0 aromatic carbocycles. The van der Waals surface area contributed by atoms with Gasteiger partial charge in [0.1, 0.15) is 0 Å². The van der Waals surface area contributed by atoms with Gasteiger partial charge < -0.3 is 5.11 Å². The van der Waals surface area contributed by atoms with Crippen LogP contribution < -0.4 is 0 Å². The SMILES string of the molecule is CCN(CC(C)C)C1CC(C)(C)CCC1O. The van der Waals surface area contributed by atoms with Crippen LogP contribution in [0.15, 0.2) is 0 Å². The maximum atomic E-state index is 10.2. The largest absolute Gasteiger partial charge is 0.391 e. The first-order valence-electron chi connectivity index (χ1n) is 6.78. The second-order valence-electron chi connectivity index (χ2n) is 6.52. The fourth-order valence-corrected chi connectivity index (χ4v) is 2.88. The Bertz CT molecular complexity index is 213. The molecule has 96 valence electrons. The van der Waals surface area contributed by atoms with Crippen LogP contribution in [0.25, 0.3) is 0 Å². The summed E-state index contributed by atoms with van der Waals surface area (Å²) in [6.07, 6.45) is 3.14. The third kappa shape index (κ3) is 3.74. The van der Waals surface area contributed by atoms with Crippen molar-refractivity contribution in [3.05, 3.63) is 0 Å². The molecule has 2 atom stereocenters. The van der Waals surface area contributed by atoms with Crippen LogP contribution >= 0.6 is 0 Å². The van der Waals surface area contributed by atoms with Crippen LogP contribution in [0.4, 0.5) is 0 Å². The first-order chi connectivity index (χ1) is 7.35. The van der Waals surface area contributed by atoms with Crippen LogP contribution in [-0.4, -0.2) is 35.2 Å². The Morgan fingerprint density at radius 2 is 2.00 bits per heavy atom. The van der Waals surface area contributed by atoms with Crippen molar-refractivity contribution >= 4 is 0 Å². The lowest BCUT2D eigenvalue weighted by Gasteiger charge is -2.44. The molecule has 2 nitrogen and oxygen atoms in total. The number of aliphatic hydroxyl groups is 1. The second-order valence-corrected chi connectivity index (χ2v) is 6.52. The highest BCUT2D eigenvalue weighted by Crippen LogP contribution is 2.37. The highest BCUT2D eigenvalue weighted by atomic mass is 16.3. The minimum absolute atomic E-state index is 0.119. The van der Waals surface area contributed by atoms with E-state index >= 15 is 0 Å². The van der Waals surface area contributed by atoms with E-state index in [-0.39, 0.29) is 6.10 Å². The fraction of sp³-hybridized carbons (Fsp3) is 1.00. The Morgan fingerprint density at radius 3 is 2.50 bits per heavy atom. The highest BCUT2D eigenvalue weighted by molar-refractivity contribution is 4.90. The first kappa shape index (κ1) is 14.0. The predicted octanol–water partition coefficient (Wildman–Crippen LogP) is 2.90. The van der Waals surface area contributed by atoms with Gasteiger partial charge >= 0.3 is 0 Å². The van der Waals surface area contributed by atoms with Gasteiger partial charge in [0.2, 0.25) is 0 Å². The van der Waals surface area contributed by atoms with Gasteiger partial charge in [-0.1, -0.05) is 34.6 Å². The van der Waals surface area contributed by atoms with Gasteiger partial charge in [0.15, 0.2) is 0 Å². The van der Waals surface area contributed by atoms with Crippen molar-refractivity contribution in [1.29, 1.82) is 0 Å². The zero-order valence-corrected chi connectivity index (χ0v) is 11.7. The standard InChI is InChI=1S/C14H29NO/c1-6-15(10-11(2)3)12-9-14(4,5)8-7-13(12)16/h11-13,16H,6-10H2,1-5H3. The summed E-state index contributed by atoms with van der Waals surface area (Å²) in [5.41, 5.74) is 0.397. The van der Waals surface area contributed by atoms with E-state index in [0.717, 1.165) is 32.4 Å². The van der Waals surface area contributed by atoms with Gasteiger partial charge in [-0.05, 0) is 37.1 Å². The average Bonchev–Trinajstić information content (AvgIpc) is 2.18. The van der Waals surface area contributed by atoms with E-state index in [1.165, 1.54) is 0 Å². The molecule has 0 heterocycles. The Balaban J connectivity index is 2.66. The molecular weight excluding hydrogens is 198 g/mol. The number of nitrogens with zero attached hydrogens (tertiary/aromatic N) is 1. The zero-order chi connectivity index (χ0) is 12.3. The summed E-state index contributed by atoms with van der Waals surface area (Å²) in [5, 5.41) is 10.2. The van der Waals surface area contributed by atoms with Crippen molar-refractivity contribution in [2.24, 2.45) is 11.3 Å². The molecular formula is C14H29NO. The van der Waals surface area contributed by atoms with E-state index in [2.05, 4.69) is 39.5 Å². The Labute approximate surface area is 101 Å². The van der Waals surface area contributed by atoms with Crippen molar-refractivity contribution in [3.63, 3.8) is 0 Å². The number of hydrogen-bond acceptors (Lipinski definition) is 2. The summed E-state index contributed by atoms with van der Waals surface area (Å²) in [7, 11) is 0. The molecule has 0 aliphatic heterocycles. The minimum atomic E-state index is -0.119. The fourth-order valence-electron chi connectivity index (χ4n) is 2.88. The van der Waals surface area contributed by atoms with Gasteiger partial charge in [-0.15, -0.1) is 0 Å². The summed E-state index contributed by atoms with van der Waals surface area (Å²) in [6.45, 7) is 13.5. The maximum absolute atomic E-state index is 10.2. The molecule has 0 bridgehead atoms. The third-order valence-corrected chi connectivity index (χ3v) is 3.80. The highest BCUT2D eigenvalue weighted by Gasteiger charge is 2.36. The van der Waals surface area contributed by atoms with E-state index in [9.17, 15) is 5.11 Å². The van der Waals surface area contributed by atoms with Crippen molar-refractivity contribution in [2.75, 3.05) is 13.1 Å². The monoisotopic (exact) mass is 227 g/mol. The van der Waals surface area contributed by atoms with Crippen LogP contribution in [0.1, 0.15) is 53.9 Å². The number of aliphatic hydroxyl groups excluding tert-OH is 1. The Morgan fingerprint density at radius 1 is 1.38 bits per heavy atom. The van der Waals surface area contributed by atoms with E-state index in [4.69, 9.17) is 0 Å². The van der Waals surface area contributed by atoms with Gasteiger partial charge in [0, 0.05) is 12.6 Å². The van der Waals surface area contributed by atoms with E-state index in [1.54, 1.807) is 0 Å².